The van der Waals surface area contributed by atoms with Gasteiger partial charge in [-0.1, -0.05) is 55.1 Å². The van der Waals surface area contributed by atoms with Gasteiger partial charge in [-0.05, 0) is 24.5 Å². The lowest BCUT2D eigenvalue weighted by Gasteiger charge is -2.18. The van der Waals surface area contributed by atoms with E-state index in [0.29, 0.717) is 16.9 Å². The molecule has 2 aliphatic rings. The van der Waals surface area contributed by atoms with E-state index in [1.807, 2.05) is 12.1 Å². The molecular formula is C22H19NO5. The molecule has 2 aromatic carbocycles. The molecule has 6 heteroatoms. The average Bonchev–Trinajstić information content (AvgIpc) is 3.40. The Kier molecular flexibility index (Phi) is 4.39. The summed E-state index contributed by atoms with van der Waals surface area (Å²) < 4.78 is 10.2. The van der Waals surface area contributed by atoms with Crippen molar-refractivity contribution < 1.29 is 24.2 Å². The molecule has 0 radical (unpaired) electrons. The monoisotopic (exact) mass is 377 g/mol. The number of benzene rings is 2. The molecule has 6 nitrogen and oxygen atoms in total. The van der Waals surface area contributed by atoms with Crippen molar-refractivity contribution >= 4 is 23.4 Å². The Hall–Kier alpha value is -3.54. The topological polar surface area (TPSA) is 84.9 Å². The number of nitrogens with one attached hydrogen (secondary N) is 1. The summed E-state index contributed by atoms with van der Waals surface area (Å²) in [5.74, 6) is -0.275. The molecule has 1 heterocycles. The summed E-state index contributed by atoms with van der Waals surface area (Å²) in [6, 6.07) is 14.1. The van der Waals surface area contributed by atoms with Gasteiger partial charge in [0.2, 0.25) is 0 Å². The van der Waals surface area contributed by atoms with Crippen molar-refractivity contribution in [3.05, 3.63) is 77.9 Å². The van der Waals surface area contributed by atoms with Gasteiger partial charge in [-0.15, -0.1) is 0 Å². The van der Waals surface area contributed by atoms with E-state index < -0.39 is 17.6 Å². The van der Waals surface area contributed by atoms with Crippen LogP contribution in [0.2, 0.25) is 0 Å². The fourth-order valence-electron chi connectivity index (χ4n) is 3.32. The standard InChI is InChI=1S/C22H19NO5/c1-2-13-27-21(26)23-22(11-12-22)15-9-7-14(8-10-15)19(24)18-16-5-3-4-6-17(16)28-20(18)25/h2-10,24H,1,11-13H2,(H,23,26)/b19-18+. The van der Waals surface area contributed by atoms with Gasteiger partial charge < -0.3 is 19.9 Å². The van der Waals surface area contributed by atoms with Gasteiger partial charge in [0.15, 0.2) is 0 Å². The summed E-state index contributed by atoms with van der Waals surface area (Å²) in [7, 11) is 0. The number of para-hydroxylation sites is 1. The van der Waals surface area contributed by atoms with E-state index in [1.165, 1.54) is 6.08 Å². The Balaban J connectivity index is 1.58. The Morgan fingerprint density at radius 2 is 1.93 bits per heavy atom. The number of rotatable bonds is 5. The van der Waals surface area contributed by atoms with Crippen LogP contribution in [0.15, 0.2) is 61.2 Å². The van der Waals surface area contributed by atoms with Gasteiger partial charge in [-0.3, -0.25) is 0 Å². The summed E-state index contributed by atoms with van der Waals surface area (Å²) in [5, 5.41) is 13.6. The van der Waals surface area contributed by atoms with E-state index in [0.717, 1.165) is 18.4 Å². The predicted molar refractivity (Wildman–Crippen MR) is 104 cm³/mol. The first-order valence-electron chi connectivity index (χ1n) is 8.96. The number of fused-ring (bicyclic) bond motifs is 1. The highest BCUT2D eigenvalue weighted by Crippen LogP contribution is 2.46. The minimum Gasteiger partial charge on any atom is -0.506 e. The fourth-order valence-corrected chi connectivity index (χ4v) is 3.32. The number of ether oxygens (including phenoxy) is 2. The molecule has 1 saturated carbocycles. The Morgan fingerprint density at radius 1 is 1.21 bits per heavy atom. The van der Waals surface area contributed by atoms with Gasteiger partial charge >= 0.3 is 12.1 Å². The molecule has 0 bridgehead atoms. The number of hydrogen-bond donors (Lipinski definition) is 2. The summed E-state index contributed by atoms with van der Waals surface area (Å²) in [6.07, 6.45) is 2.64. The van der Waals surface area contributed by atoms with Crippen LogP contribution in [0.1, 0.15) is 29.5 Å². The van der Waals surface area contributed by atoms with Gasteiger partial charge in [-0.2, -0.15) is 0 Å². The van der Waals surface area contributed by atoms with Crippen LogP contribution < -0.4 is 10.1 Å². The van der Waals surface area contributed by atoms with E-state index in [4.69, 9.17) is 9.47 Å². The van der Waals surface area contributed by atoms with Crippen LogP contribution in [0, 0.1) is 0 Å². The smallest absolute Gasteiger partial charge is 0.408 e. The van der Waals surface area contributed by atoms with Gasteiger partial charge in [0.25, 0.3) is 0 Å². The number of carbonyl (C=O) groups is 2. The second-order valence-corrected chi connectivity index (χ2v) is 6.78. The van der Waals surface area contributed by atoms with Crippen LogP contribution in [0.25, 0.3) is 11.3 Å². The molecule has 1 fully saturated rings. The van der Waals surface area contributed by atoms with E-state index >= 15 is 0 Å². The summed E-state index contributed by atoms with van der Waals surface area (Å²) >= 11 is 0. The second-order valence-electron chi connectivity index (χ2n) is 6.78. The van der Waals surface area contributed by atoms with E-state index in [9.17, 15) is 14.7 Å². The number of amides is 1. The van der Waals surface area contributed by atoms with Crippen molar-refractivity contribution in [3.63, 3.8) is 0 Å². The first-order chi connectivity index (χ1) is 13.5. The zero-order chi connectivity index (χ0) is 19.7. The quantitative estimate of drug-likeness (QED) is 0.271. The summed E-state index contributed by atoms with van der Waals surface area (Å²) in [5.41, 5.74) is 1.68. The van der Waals surface area contributed by atoms with Crippen LogP contribution in [-0.2, 0) is 15.1 Å². The average molecular weight is 377 g/mol. The Bertz CT molecular complexity index is 986. The highest BCUT2D eigenvalue weighted by molar-refractivity contribution is 6.27. The molecule has 0 aromatic heterocycles. The van der Waals surface area contributed by atoms with E-state index in [1.54, 1.807) is 36.4 Å². The van der Waals surface area contributed by atoms with Gasteiger partial charge in [0, 0.05) is 11.1 Å². The van der Waals surface area contributed by atoms with Crippen molar-refractivity contribution in [2.45, 2.75) is 18.4 Å². The molecule has 0 unspecified atom stereocenters. The summed E-state index contributed by atoms with van der Waals surface area (Å²) in [6.45, 7) is 3.67. The third kappa shape index (κ3) is 3.13. The van der Waals surface area contributed by atoms with Crippen molar-refractivity contribution in [1.82, 2.24) is 5.32 Å². The molecule has 1 aliphatic carbocycles. The number of esters is 1. The molecule has 2 aromatic rings. The van der Waals surface area contributed by atoms with Gasteiger partial charge in [0.1, 0.15) is 23.7 Å². The van der Waals surface area contributed by atoms with Crippen molar-refractivity contribution in [3.8, 4) is 5.75 Å². The zero-order valence-electron chi connectivity index (χ0n) is 15.1. The normalized spacial score (nSPS) is 17.9. The van der Waals surface area contributed by atoms with Crippen LogP contribution in [0.4, 0.5) is 4.79 Å². The number of hydrogen-bond acceptors (Lipinski definition) is 5. The lowest BCUT2D eigenvalue weighted by Crippen LogP contribution is -2.35. The highest BCUT2D eigenvalue weighted by Gasteiger charge is 2.46. The number of aliphatic hydroxyl groups excluding tert-OH is 1. The van der Waals surface area contributed by atoms with E-state index in [-0.39, 0.29) is 17.9 Å². The zero-order valence-corrected chi connectivity index (χ0v) is 15.1. The molecular weight excluding hydrogens is 358 g/mol. The van der Waals surface area contributed by atoms with E-state index in [2.05, 4.69) is 11.9 Å². The lowest BCUT2D eigenvalue weighted by molar-refractivity contribution is -0.127. The summed E-state index contributed by atoms with van der Waals surface area (Å²) in [4.78, 5) is 24.0. The Morgan fingerprint density at radius 3 is 2.61 bits per heavy atom. The van der Waals surface area contributed by atoms with Crippen LogP contribution >= 0.6 is 0 Å². The lowest BCUT2D eigenvalue weighted by atomic mass is 9.99. The molecule has 0 saturated heterocycles. The molecule has 142 valence electrons. The fraction of sp³-hybridized carbons (Fsp3) is 0.182. The Labute approximate surface area is 162 Å². The maximum atomic E-state index is 12.2. The molecule has 2 N–H and O–H groups in total. The van der Waals surface area contributed by atoms with Crippen molar-refractivity contribution in [2.24, 2.45) is 0 Å². The first kappa shape index (κ1) is 17.9. The SMILES string of the molecule is C=CCOC(=O)NC1(c2ccc(/C(O)=C3\C(=O)Oc4ccccc43)cc2)CC1. The maximum absolute atomic E-state index is 12.2. The number of alkyl carbamates (subject to hydrolysis) is 1. The van der Waals surface area contributed by atoms with Crippen LogP contribution in [0.5, 0.6) is 5.75 Å². The second kappa shape index (κ2) is 6.88. The molecule has 1 amide bonds. The third-order valence-corrected chi connectivity index (χ3v) is 4.93. The molecule has 4 rings (SSSR count). The number of carbonyl (C=O) groups excluding carboxylic acids is 2. The molecule has 28 heavy (non-hydrogen) atoms. The van der Waals surface area contributed by atoms with Crippen molar-refractivity contribution in [2.75, 3.05) is 6.61 Å². The molecule has 0 atom stereocenters. The first-order valence-corrected chi connectivity index (χ1v) is 8.96. The third-order valence-electron chi connectivity index (χ3n) is 4.93. The van der Waals surface area contributed by atoms with Gasteiger partial charge in [0.05, 0.1) is 5.54 Å². The van der Waals surface area contributed by atoms with Gasteiger partial charge in [-0.25, -0.2) is 9.59 Å². The predicted octanol–water partition coefficient (Wildman–Crippen LogP) is 3.93. The highest BCUT2D eigenvalue weighted by atomic mass is 16.5. The largest absolute Gasteiger partial charge is 0.506 e. The molecule has 0 spiro atoms. The van der Waals surface area contributed by atoms with Crippen molar-refractivity contribution in [1.29, 1.82) is 0 Å². The minimum absolute atomic E-state index is 0.135. The van der Waals surface area contributed by atoms with Crippen LogP contribution in [0.3, 0.4) is 0 Å². The minimum atomic E-state index is -0.576. The number of aliphatic hydroxyl groups is 1. The maximum Gasteiger partial charge on any atom is 0.408 e. The van der Waals surface area contributed by atoms with Crippen LogP contribution in [-0.4, -0.2) is 23.8 Å². The molecule has 1 aliphatic heterocycles.